The number of nitrogens with zero attached hydrogens (tertiary/aromatic N) is 1. The van der Waals surface area contributed by atoms with E-state index in [2.05, 4.69) is 18.9 Å². The second-order valence-corrected chi connectivity index (χ2v) is 4.81. The summed E-state index contributed by atoms with van der Waals surface area (Å²) in [6.07, 6.45) is 4.18. The lowest BCUT2D eigenvalue weighted by Crippen LogP contribution is -2.54. The van der Waals surface area contributed by atoms with E-state index in [1.807, 2.05) is 0 Å². The van der Waals surface area contributed by atoms with E-state index in [1.165, 1.54) is 19.3 Å². The van der Waals surface area contributed by atoms with Crippen molar-refractivity contribution in [2.24, 2.45) is 11.7 Å². The number of hydrogen-bond donors (Lipinski definition) is 1. The average Bonchev–Trinajstić information content (AvgIpc) is 2.11. The van der Waals surface area contributed by atoms with Crippen LogP contribution in [0.3, 0.4) is 0 Å². The van der Waals surface area contributed by atoms with Gasteiger partial charge in [-0.1, -0.05) is 6.42 Å². The number of rotatable bonds is 6. The smallest absolute Gasteiger partial charge is 0.0656 e. The first-order valence-electron chi connectivity index (χ1n) is 5.52. The van der Waals surface area contributed by atoms with Gasteiger partial charge in [0.25, 0.3) is 0 Å². The predicted molar refractivity (Wildman–Crippen MR) is 59.3 cm³/mol. The van der Waals surface area contributed by atoms with E-state index in [-0.39, 0.29) is 5.54 Å². The molecule has 0 spiro atoms. The van der Waals surface area contributed by atoms with Gasteiger partial charge in [-0.15, -0.1) is 0 Å². The largest absolute Gasteiger partial charge is 0.383 e. The minimum Gasteiger partial charge on any atom is -0.383 e. The van der Waals surface area contributed by atoms with Crippen LogP contribution in [0.1, 0.15) is 26.2 Å². The topological polar surface area (TPSA) is 38.5 Å². The molecule has 1 saturated carbocycles. The highest BCUT2D eigenvalue weighted by atomic mass is 16.5. The fraction of sp³-hybridized carbons (Fsp3) is 1.00. The van der Waals surface area contributed by atoms with Crippen LogP contribution in [-0.4, -0.2) is 44.3 Å². The highest BCUT2D eigenvalue weighted by Crippen LogP contribution is 2.28. The fourth-order valence-corrected chi connectivity index (χ4v) is 1.92. The molecule has 0 bridgehead atoms. The first-order chi connectivity index (χ1) is 6.62. The van der Waals surface area contributed by atoms with Crippen LogP contribution >= 0.6 is 0 Å². The van der Waals surface area contributed by atoms with E-state index in [9.17, 15) is 0 Å². The minimum atomic E-state index is 0.00431. The Morgan fingerprint density at radius 2 is 2.14 bits per heavy atom. The normalized spacial score (nSPS) is 22.1. The monoisotopic (exact) mass is 200 g/mol. The molecular formula is C11H24N2O. The zero-order valence-electron chi connectivity index (χ0n) is 9.75. The van der Waals surface area contributed by atoms with Gasteiger partial charge in [-0.05, 0) is 32.7 Å². The predicted octanol–water partition coefficient (Wildman–Crippen LogP) is 1.08. The lowest BCUT2D eigenvalue weighted by molar-refractivity contribution is 0.0264. The van der Waals surface area contributed by atoms with E-state index in [0.29, 0.717) is 13.2 Å². The molecule has 1 aliphatic rings. The minimum absolute atomic E-state index is 0.00431. The van der Waals surface area contributed by atoms with Gasteiger partial charge in [-0.3, -0.25) is 4.90 Å². The lowest BCUT2D eigenvalue weighted by atomic mass is 9.84. The Bertz CT molecular complexity index is 171. The van der Waals surface area contributed by atoms with Crippen LogP contribution in [0, 0.1) is 5.92 Å². The van der Waals surface area contributed by atoms with Gasteiger partial charge in [0, 0.05) is 20.2 Å². The van der Waals surface area contributed by atoms with Gasteiger partial charge in [-0.2, -0.15) is 0 Å². The second kappa shape index (κ2) is 5.10. The number of likely N-dealkylation sites (N-methyl/N-ethyl adjacent to an activating group) is 1. The number of methoxy groups -OCH3 is 1. The average molecular weight is 200 g/mol. The molecule has 1 aliphatic carbocycles. The summed E-state index contributed by atoms with van der Waals surface area (Å²) < 4.78 is 5.23. The van der Waals surface area contributed by atoms with Crippen molar-refractivity contribution in [1.29, 1.82) is 0 Å². The van der Waals surface area contributed by atoms with Crippen molar-refractivity contribution in [3.8, 4) is 0 Å². The fourth-order valence-electron chi connectivity index (χ4n) is 1.92. The molecular weight excluding hydrogens is 176 g/mol. The third-order valence-electron chi connectivity index (χ3n) is 3.57. The van der Waals surface area contributed by atoms with Crippen molar-refractivity contribution in [3.63, 3.8) is 0 Å². The molecule has 0 radical (unpaired) electrons. The van der Waals surface area contributed by atoms with Crippen LogP contribution in [0.25, 0.3) is 0 Å². The van der Waals surface area contributed by atoms with Crippen molar-refractivity contribution in [2.45, 2.75) is 31.7 Å². The molecule has 1 atom stereocenters. The molecule has 1 unspecified atom stereocenters. The number of nitrogens with two attached hydrogens (primary N) is 1. The van der Waals surface area contributed by atoms with E-state index >= 15 is 0 Å². The van der Waals surface area contributed by atoms with Crippen molar-refractivity contribution >= 4 is 0 Å². The van der Waals surface area contributed by atoms with Gasteiger partial charge >= 0.3 is 0 Å². The molecule has 0 aromatic rings. The third kappa shape index (κ3) is 2.69. The summed E-state index contributed by atoms with van der Waals surface area (Å²) in [5.41, 5.74) is 5.81. The van der Waals surface area contributed by atoms with Crippen molar-refractivity contribution < 1.29 is 4.74 Å². The lowest BCUT2D eigenvalue weighted by Gasteiger charge is -2.41. The summed E-state index contributed by atoms with van der Waals surface area (Å²) in [5.74, 6) is 0.891. The molecule has 0 saturated heterocycles. The Kier molecular flexibility index (Phi) is 4.35. The molecule has 0 aromatic carbocycles. The zero-order valence-corrected chi connectivity index (χ0v) is 9.75. The molecule has 1 rings (SSSR count). The number of ether oxygens (including phenoxy) is 1. The van der Waals surface area contributed by atoms with Gasteiger partial charge in [0.15, 0.2) is 0 Å². The number of hydrogen-bond acceptors (Lipinski definition) is 3. The Labute approximate surface area is 87.6 Å². The maximum atomic E-state index is 5.81. The van der Waals surface area contributed by atoms with Gasteiger partial charge in [0.1, 0.15) is 0 Å². The maximum absolute atomic E-state index is 5.81. The Morgan fingerprint density at radius 3 is 2.50 bits per heavy atom. The van der Waals surface area contributed by atoms with Crippen LogP contribution in [0.2, 0.25) is 0 Å². The summed E-state index contributed by atoms with van der Waals surface area (Å²) in [4.78, 5) is 2.36. The molecule has 84 valence electrons. The van der Waals surface area contributed by atoms with Crippen LogP contribution in [-0.2, 0) is 4.74 Å². The SMILES string of the molecule is COCC(C)(CN)N(C)CC1CCC1. The van der Waals surface area contributed by atoms with Crippen LogP contribution in [0.5, 0.6) is 0 Å². The summed E-state index contributed by atoms with van der Waals surface area (Å²) in [5, 5.41) is 0. The molecule has 3 heteroatoms. The Balaban J connectivity index is 2.40. The van der Waals surface area contributed by atoms with Crippen molar-refractivity contribution in [3.05, 3.63) is 0 Å². The summed E-state index contributed by atoms with van der Waals surface area (Å²) in [6.45, 7) is 4.71. The summed E-state index contributed by atoms with van der Waals surface area (Å²) in [7, 11) is 3.90. The highest BCUT2D eigenvalue weighted by molar-refractivity contribution is 4.87. The molecule has 3 nitrogen and oxygen atoms in total. The van der Waals surface area contributed by atoms with Crippen LogP contribution in [0.15, 0.2) is 0 Å². The molecule has 14 heavy (non-hydrogen) atoms. The zero-order chi connectivity index (χ0) is 10.6. The van der Waals surface area contributed by atoms with Gasteiger partial charge in [0.05, 0.1) is 12.1 Å². The molecule has 2 N–H and O–H groups in total. The molecule has 0 heterocycles. The Morgan fingerprint density at radius 1 is 1.50 bits per heavy atom. The van der Waals surface area contributed by atoms with Crippen molar-refractivity contribution in [1.82, 2.24) is 4.90 Å². The highest BCUT2D eigenvalue weighted by Gasteiger charge is 2.30. The van der Waals surface area contributed by atoms with Crippen LogP contribution in [0.4, 0.5) is 0 Å². The van der Waals surface area contributed by atoms with E-state index in [4.69, 9.17) is 10.5 Å². The molecule has 0 aliphatic heterocycles. The maximum Gasteiger partial charge on any atom is 0.0656 e. The molecule has 0 aromatic heterocycles. The standard InChI is InChI=1S/C11H24N2O/c1-11(8-12,9-14-3)13(2)7-10-5-4-6-10/h10H,4-9,12H2,1-3H3. The second-order valence-electron chi connectivity index (χ2n) is 4.81. The first kappa shape index (κ1) is 12.0. The summed E-state index contributed by atoms with van der Waals surface area (Å²) >= 11 is 0. The quantitative estimate of drug-likeness (QED) is 0.697. The van der Waals surface area contributed by atoms with Gasteiger partial charge < -0.3 is 10.5 Å². The van der Waals surface area contributed by atoms with Gasteiger partial charge in [0.2, 0.25) is 0 Å². The molecule has 0 amide bonds. The van der Waals surface area contributed by atoms with E-state index in [0.717, 1.165) is 12.5 Å². The Hall–Kier alpha value is -0.120. The van der Waals surface area contributed by atoms with E-state index < -0.39 is 0 Å². The van der Waals surface area contributed by atoms with Crippen molar-refractivity contribution in [2.75, 3.05) is 33.9 Å². The van der Waals surface area contributed by atoms with Gasteiger partial charge in [-0.25, -0.2) is 0 Å². The van der Waals surface area contributed by atoms with Crippen LogP contribution < -0.4 is 5.73 Å². The summed E-state index contributed by atoms with van der Waals surface area (Å²) in [6, 6.07) is 0. The molecule has 1 fully saturated rings. The first-order valence-corrected chi connectivity index (χ1v) is 5.52. The third-order valence-corrected chi connectivity index (χ3v) is 3.57. The van der Waals surface area contributed by atoms with E-state index in [1.54, 1.807) is 7.11 Å².